The van der Waals surface area contributed by atoms with E-state index in [0.29, 0.717) is 25.9 Å². The fraction of sp³-hybridized carbons (Fsp3) is 0.588. The van der Waals surface area contributed by atoms with Crippen molar-refractivity contribution < 1.29 is 13.2 Å². The maximum atomic E-state index is 12.9. The number of amides is 1. The lowest BCUT2D eigenvalue weighted by Crippen LogP contribution is -2.47. The first-order valence-electron chi connectivity index (χ1n) is 8.28. The second-order valence-corrected chi connectivity index (χ2v) is 8.41. The van der Waals surface area contributed by atoms with E-state index in [1.54, 1.807) is 0 Å². The molecule has 1 amide bonds. The molecule has 1 atom stereocenters. The highest BCUT2D eigenvalue weighted by Gasteiger charge is 2.32. The van der Waals surface area contributed by atoms with Crippen molar-refractivity contribution >= 4 is 15.9 Å². The van der Waals surface area contributed by atoms with Crippen LogP contribution >= 0.6 is 0 Å². The molecule has 5 nitrogen and oxygen atoms in total. The summed E-state index contributed by atoms with van der Waals surface area (Å²) in [6.07, 6.45) is 5.58. The fourth-order valence-electron chi connectivity index (χ4n) is 3.75. The number of aryl methyl sites for hydroxylation is 1. The van der Waals surface area contributed by atoms with Gasteiger partial charge in [-0.1, -0.05) is 24.3 Å². The van der Waals surface area contributed by atoms with Gasteiger partial charge in [0.25, 0.3) is 0 Å². The van der Waals surface area contributed by atoms with Crippen molar-refractivity contribution in [2.24, 2.45) is 0 Å². The summed E-state index contributed by atoms with van der Waals surface area (Å²) in [6, 6.07) is 8.19. The van der Waals surface area contributed by atoms with Gasteiger partial charge in [-0.25, -0.2) is 13.1 Å². The Kier molecular flexibility index (Phi) is 4.73. The summed E-state index contributed by atoms with van der Waals surface area (Å²) in [4.78, 5) is 14.8. The third kappa shape index (κ3) is 3.93. The third-order valence-corrected chi connectivity index (χ3v) is 5.62. The number of carbonyl (C=O) groups excluding carboxylic acids is 1. The van der Waals surface area contributed by atoms with Crippen molar-refractivity contribution in [2.45, 2.75) is 44.1 Å². The van der Waals surface area contributed by atoms with Crippen molar-refractivity contribution in [1.82, 2.24) is 9.62 Å². The van der Waals surface area contributed by atoms with Crippen LogP contribution in [0.3, 0.4) is 0 Å². The molecule has 0 bridgehead atoms. The number of nitrogens with zero attached hydrogens (tertiary/aromatic N) is 1. The molecule has 0 aromatic heterocycles. The Bertz CT molecular complexity index is 679. The summed E-state index contributed by atoms with van der Waals surface area (Å²) >= 11 is 0. The summed E-state index contributed by atoms with van der Waals surface area (Å²) in [7, 11) is -3.18. The molecule has 1 aliphatic carbocycles. The first-order valence-corrected chi connectivity index (χ1v) is 10.2. The molecule has 1 aromatic rings. The number of rotatable bonds is 3. The summed E-state index contributed by atoms with van der Waals surface area (Å²) < 4.78 is 25.3. The van der Waals surface area contributed by atoms with Crippen molar-refractivity contribution in [3.05, 3.63) is 35.4 Å². The average molecular weight is 336 g/mol. The van der Waals surface area contributed by atoms with Crippen LogP contribution in [0.1, 0.15) is 42.7 Å². The summed E-state index contributed by atoms with van der Waals surface area (Å²) in [5.41, 5.74) is 2.48. The number of sulfonamides is 1. The van der Waals surface area contributed by atoms with Crippen LogP contribution in [0.2, 0.25) is 0 Å². The molecule has 0 radical (unpaired) electrons. The molecular formula is C17H24N2O3S. The number of hydrogen-bond donors (Lipinski definition) is 1. The minimum Gasteiger partial charge on any atom is -0.342 e. The van der Waals surface area contributed by atoms with Crippen LogP contribution in [0.15, 0.2) is 24.3 Å². The van der Waals surface area contributed by atoms with E-state index in [-0.39, 0.29) is 17.9 Å². The third-order valence-electron chi connectivity index (χ3n) is 4.85. The SMILES string of the molecule is CS(=O)(=O)NC1CCN(C(=O)C2CCCc3ccccc32)CC1. The van der Waals surface area contributed by atoms with Gasteiger partial charge in [-0.2, -0.15) is 0 Å². The highest BCUT2D eigenvalue weighted by molar-refractivity contribution is 7.88. The lowest BCUT2D eigenvalue weighted by molar-refractivity contribution is -0.134. The Balaban J connectivity index is 1.65. The molecule has 1 aromatic carbocycles. The Labute approximate surface area is 138 Å². The normalized spacial score (nSPS) is 22.7. The van der Waals surface area contributed by atoms with Gasteiger partial charge in [0.2, 0.25) is 15.9 Å². The van der Waals surface area contributed by atoms with Crippen molar-refractivity contribution in [3.63, 3.8) is 0 Å². The summed E-state index contributed by atoms with van der Waals surface area (Å²) in [5, 5.41) is 0. The number of carbonyl (C=O) groups is 1. The van der Waals surface area contributed by atoms with Crippen LogP contribution in [0.4, 0.5) is 0 Å². The van der Waals surface area contributed by atoms with Gasteiger partial charge < -0.3 is 4.90 Å². The van der Waals surface area contributed by atoms with E-state index >= 15 is 0 Å². The predicted molar refractivity (Wildman–Crippen MR) is 89.7 cm³/mol. The number of benzene rings is 1. The molecule has 6 heteroatoms. The predicted octanol–water partition coefficient (Wildman–Crippen LogP) is 1.65. The standard InChI is InChI=1S/C17H24N2O3S/c1-23(21,22)18-14-9-11-19(12-10-14)17(20)16-8-4-6-13-5-2-3-7-15(13)16/h2-3,5,7,14,16,18H,4,6,8-12H2,1H3. The van der Waals surface area contributed by atoms with E-state index in [2.05, 4.69) is 16.9 Å². The van der Waals surface area contributed by atoms with E-state index in [0.717, 1.165) is 19.3 Å². The highest BCUT2D eigenvalue weighted by Crippen LogP contribution is 2.33. The van der Waals surface area contributed by atoms with Gasteiger partial charge in [0.1, 0.15) is 0 Å². The van der Waals surface area contributed by atoms with Crippen LogP contribution in [-0.4, -0.2) is 44.6 Å². The molecular weight excluding hydrogens is 312 g/mol. The largest absolute Gasteiger partial charge is 0.342 e. The van der Waals surface area contributed by atoms with Gasteiger partial charge in [-0.15, -0.1) is 0 Å². The molecule has 1 aliphatic heterocycles. The molecule has 1 N–H and O–H groups in total. The second kappa shape index (κ2) is 6.61. The van der Waals surface area contributed by atoms with Gasteiger partial charge in [0, 0.05) is 19.1 Å². The molecule has 1 heterocycles. The van der Waals surface area contributed by atoms with Gasteiger partial charge in [-0.05, 0) is 43.2 Å². The van der Waals surface area contributed by atoms with Crippen molar-refractivity contribution in [2.75, 3.05) is 19.3 Å². The minimum atomic E-state index is -3.18. The van der Waals surface area contributed by atoms with Gasteiger partial charge in [-0.3, -0.25) is 4.79 Å². The molecule has 126 valence electrons. The summed E-state index contributed by atoms with van der Waals surface area (Å²) in [5.74, 6) is 0.175. The lowest BCUT2D eigenvalue weighted by Gasteiger charge is -2.35. The van der Waals surface area contributed by atoms with Gasteiger partial charge >= 0.3 is 0 Å². The van der Waals surface area contributed by atoms with E-state index in [1.807, 2.05) is 17.0 Å². The smallest absolute Gasteiger partial charge is 0.230 e. The van der Waals surface area contributed by atoms with Gasteiger partial charge in [0.05, 0.1) is 12.2 Å². The Morgan fingerprint density at radius 3 is 2.57 bits per heavy atom. The number of likely N-dealkylation sites (tertiary alicyclic amines) is 1. The number of piperidine rings is 1. The molecule has 0 spiro atoms. The molecule has 2 aliphatic rings. The van der Waals surface area contributed by atoms with Gasteiger partial charge in [0.15, 0.2) is 0 Å². The number of hydrogen-bond acceptors (Lipinski definition) is 3. The molecule has 23 heavy (non-hydrogen) atoms. The zero-order chi connectivity index (χ0) is 16.4. The molecule has 0 saturated carbocycles. The first kappa shape index (κ1) is 16.5. The topological polar surface area (TPSA) is 66.5 Å². The highest BCUT2D eigenvalue weighted by atomic mass is 32.2. The number of fused-ring (bicyclic) bond motifs is 1. The zero-order valence-electron chi connectivity index (χ0n) is 13.5. The minimum absolute atomic E-state index is 0.0284. The van der Waals surface area contributed by atoms with Crippen molar-refractivity contribution in [3.8, 4) is 0 Å². The number of nitrogens with one attached hydrogen (secondary N) is 1. The van der Waals surface area contributed by atoms with Crippen LogP contribution in [-0.2, 0) is 21.2 Å². The van der Waals surface area contributed by atoms with Crippen LogP contribution in [0.25, 0.3) is 0 Å². The Morgan fingerprint density at radius 1 is 1.17 bits per heavy atom. The monoisotopic (exact) mass is 336 g/mol. The van der Waals surface area contributed by atoms with E-state index in [9.17, 15) is 13.2 Å². The Hall–Kier alpha value is -1.40. The van der Waals surface area contributed by atoms with Crippen LogP contribution in [0, 0.1) is 0 Å². The second-order valence-electron chi connectivity index (χ2n) is 6.63. The molecule has 1 fully saturated rings. The lowest BCUT2D eigenvalue weighted by atomic mass is 9.82. The van der Waals surface area contributed by atoms with E-state index in [1.165, 1.54) is 17.4 Å². The van der Waals surface area contributed by atoms with Crippen molar-refractivity contribution in [1.29, 1.82) is 0 Å². The quantitative estimate of drug-likeness (QED) is 0.913. The maximum absolute atomic E-state index is 12.9. The fourth-order valence-corrected chi connectivity index (χ4v) is 4.59. The first-order chi connectivity index (χ1) is 10.9. The Morgan fingerprint density at radius 2 is 1.87 bits per heavy atom. The molecule has 3 rings (SSSR count). The average Bonchev–Trinajstić information content (AvgIpc) is 2.53. The summed E-state index contributed by atoms with van der Waals surface area (Å²) in [6.45, 7) is 1.26. The maximum Gasteiger partial charge on any atom is 0.230 e. The molecule has 1 unspecified atom stereocenters. The molecule has 1 saturated heterocycles. The zero-order valence-corrected chi connectivity index (χ0v) is 14.3. The van der Waals surface area contributed by atoms with E-state index in [4.69, 9.17) is 0 Å². The van der Waals surface area contributed by atoms with Crippen LogP contribution in [0.5, 0.6) is 0 Å². The van der Waals surface area contributed by atoms with Crippen LogP contribution < -0.4 is 4.72 Å². The van der Waals surface area contributed by atoms with E-state index < -0.39 is 10.0 Å².